The summed E-state index contributed by atoms with van der Waals surface area (Å²) in [6.07, 6.45) is 0. The van der Waals surface area contributed by atoms with Gasteiger partial charge in [0.1, 0.15) is 6.54 Å². The van der Waals surface area contributed by atoms with E-state index >= 15 is 0 Å². The molecule has 0 fully saturated rings. The van der Waals surface area contributed by atoms with Crippen LogP contribution in [0, 0.1) is 13.8 Å². The minimum atomic E-state index is -4.08. The summed E-state index contributed by atoms with van der Waals surface area (Å²) >= 11 is 1.71. The molecule has 0 aliphatic rings. The average molecular weight is 529 g/mol. The van der Waals surface area contributed by atoms with Crippen molar-refractivity contribution in [1.29, 1.82) is 0 Å². The van der Waals surface area contributed by atoms with E-state index in [1.54, 1.807) is 23.9 Å². The monoisotopic (exact) mass is 528 g/mol. The van der Waals surface area contributed by atoms with E-state index in [1.807, 2.05) is 38.1 Å². The molecule has 0 unspecified atom stereocenters. The van der Waals surface area contributed by atoms with Gasteiger partial charge in [0.05, 0.1) is 24.8 Å². The summed E-state index contributed by atoms with van der Waals surface area (Å²) in [6.45, 7) is 3.87. The van der Waals surface area contributed by atoms with Gasteiger partial charge in [-0.15, -0.1) is 0 Å². The van der Waals surface area contributed by atoms with Gasteiger partial charge in [0.2, 0.25) is 5.91 Å². The molecular weight excluding hydrogens is 496 g/mol. The van der Waals surface area contributed by atoms with Crippen LogP contribution in [0.1, 0.15) is 16.7 Å². The quantitative estimate of drug-likeness (QED) is 0.347. The maximum Gasteiger partial charge on any atom is 0.264 e. The van der Waals surface area contributed by atoms with Crippen LogP contribution < -0.4 is 19.1 Å². The molecule has 0 radical (unpaired) electrons. The van der Waals surface area contributed by atoms with Crippen LogP contribution in [0.3, 0.4) is 0 Å². The number of sulfonamides is 1. The third kappa shape index (κ3) is 7.18. The van der Waals surface area contributed by atoms with Crippen molar-refractivity contribution in [3.8, 4) is 11.5 Å². The van der Waals surface area contributed by atoms with Crippen molar-refractivity contribution in [1.82, 2.24) is 5.32 Å². The van der Waals surface area contributed by atoms with Crippen LogP contribution in [0.5, 0.6) is 11.5 Å². The normalized spacial score (nSPS) is 11.1. The van der Waals surface area contributed by atoms with E-state index in [1.165, 1.54) is 38.0 Å². The maximum atomic E-state index is 13.7. The van der Waals surface area contributed by atoms with Gasteiger partial charge in [-0.05, 0) is 54.8 Å². The highest BCUT2D eigenvalue weighted by Gasteiger charge is 2.28. The molecule has 0 aromatic heterocycles. The zero-order valence-corrected chi connectivity index (χ0v) is 22.6. The number of anilines is 1. The van der Waals surface area contributed by atoms with Gasteiger partial charge in [-0.1, -0.05) is 36.4 Å². The Bertz CT molecular complexity index is 1260. The number of benzene rings is 3. The number of hydrogen-bond donors (Lipinski definition) is 1. The van der Waals surface area contributed by atoms with E-state index in [-0.39, 0.29) is 17.3 Å². The van der Waals surface area contributed by atoms with Crippen molar-refractivity contribution in [2.45, 2.75) is 24.5 Å². The fraction of sp³-hybridized carbons (Fsp3) is 0.296. The lowest BCUT2D eigenvalue weighted by Crippen LogP contribution is -2.41. The third-order valence-corrected chi connectivity index (χ3v) is 8.20. The molecule has 0 spiro atoms. The highest BCUT2D eigenvalue weighted by molar-refractivity contribution is 7.98. The van der Waals surface area contributed by atoms with E-state index < -0.39 is 10.0 Å². The zero-order valence-electron chi connectivity index (χ0n) is 21.0. The van der Waals surface area contributed by atoms with Gasteiger partial charge in [0.25, 0.3) is 10.0 Å². The molecule has 0 saturated heterocycles. The van der Waals surface area contributed by atoms with Crippen LogP contribution in [-0.4, -0.2) is 47.4 Å². The summed E-state index contributed by atoms with van der Waals surface area (Å²) in [5.74, 6) is 1.89. The smallest absolute Gasteiger partial charge is 0.264 e. The van der Waals surface area contributed by atoms with Crippen LogP contribution in [0.2, 0.25) is 0 Å². The number of carbonyl (C=O) groups is 1. The molecule has 0 aliphatic heterocycles. The predicted molar refractivity (Wildman–Crippen MR) is 146 cm³/mol. The first-order valence-corrected chi connectivity index (χ1v) is 14.1. The van der Waals surface area contributed by atoms with Gasteiger partial charge in [0.15, 0.2) is 11.5 Å². The highest BCUT2D eigenvalue weighted by atomic mass is 32.2. The summed E-state index contributed by atoms with van der Waals surface area (Å²) in [6, 6.07) is 20.0. The second-order valence-corrected chi connectivity index (χ2v) is 11.2. The van der Waals surface area contributed by atoms with E-state index in [0.29, 0.717) is 29.5 Å². The Morgan fingerprint density at radius 3 is 2.22 bits per heavy atom. The van der Waals surface area contributed by atoms with Crippen molar-refractivity contribution in [2.75, 3.05) is 37.4 Å². The molecule has 1 N–H and O–H groups in total. The zero-order chi connectivity index (χ0) is 26.1. The first kappa shape index (κ1) is 27.4. The lowest BCUT2D eigenvalue weighted by Gasteiger charge is -2.25. The minimum absolute atomic E-state index is 0.00512. The first-order valence-electron chi connectivity index (χ1n) is 11.5. The number of aryl methyl sites for hydroxylation is 2. The van der Waals surface area contributed by atoms with Gasteiger partial charge in [-0.3, -0.25) is 9.10 Å². The molecule has 0 atom stereocenters. The summed E-state index contributed by atoms with van der Waals surface area (Å²) in [5, 5.41) is 2.85. The maximum absolute atomic E-state index is 13.7. The molecule has 1 amide bonds. The second-order valence-electron chi connectivity index (χ2n) is 8.26. The van der Waals surface area contributed by atoms with Gasteiger partial charge in [0, 0.05) is 24.1 Å². The molecule has 3 rings (SSSR count). The number of methoxy groups -OCH3 is 2. The average Bonchev–Trinajstić information content (AvgIpc) is 2.86. The van der Waals surface area contributed by atoms with Gasteiger partial charge in [-0.2, -0.15) is 11.8 Å². The van der Waals surface area contributed by atoms with Gasteiger partial charge >= 0.3 is 0 Å². The van der Waals surface area contributed by atoms with Gasteiger partial charge < -0.3 is 14.8 Å². The molecule has 3 aromatic rings. The summed E-state index contributed by atoms with van der Waals surface area (Å²) < 4.78 is 39.1. The number of thioether (sulfide) groups is 1. The number of ether oxygens (including phenoxy) is 2. The van der Waals surface area contributed by atoms with E-state index in [4.69, 9.17) is 9.47 Å². The standard InChI is InChI=1S/C27H32N2O5S2/c1-20-14-21(2)16-23(15-20)29(36(31,32)24-10-11-25(33-3)26(17-24)34-4)18-27(30)28-12-13-35-19-22-8-6-5-7-9-22/h5-11,14-17H,12-13,18-19H2,1-4H3,(H,28,30). The SMILES string of the molecule is COc1ccc(S(=O)(=O)N(CC(=O)NCCSCc2ccccc2)c2cc(C)cc(C)c2)cc1OC. The summed E-state index contributed by atoms with van der Waals surface area (Å²) in [7, 11) is -1.15. The molecule has 7 nitrogen and oxygen atoms in total. The molecule has 9 heteroatoms. The molecule has 0 heterocycles. The van der Waals surface area contributed by atoms with E-state index in [0.717, 1.165) is 21.2 Å². The molecule has 192 valence electrons. The molecule has 0 aliphatic carbocycles. The van der Waals surface area contributed by atoms with Crippen molar-refractivity contribution in [3.63, 3.8) is 0 Å². The predicted octanol–water partition coefficient (Wildman–Crippen LogP) is 4.57. The van der Waals surface area contributed by atoms with Crippen LogP contribution in [0.4, 0.5) is 5.69 Å². The molecule has 0 saturated carbocycles. The third-order valence-electron chi connectivity index (χ3n) is 5.40. The number of nitrogens with one attached hydrogen (secondary N) is 1. The lowest BCUT2D eigenvalue weighted by atomic mass is 10.1. The minimum Gasteiger partial charge on any atom is -0.493 e. The largest absolute Gasteiger partial charge is 0.493 e. The van der Waals surface area contributed by atoms with E-state index in [2.05, 4.69) is 17.4 Å². The fourth-order valence-electron chi connectivity index (χ4n) is 3.73. The molecular formula is C27H32N2O5S2. The number of carbonyl (C=O) groups excluding carboxylic acids is 1. The topological polar surface area (TPSA) is 84.9 Å². The van der Waals surface area contributed by atoms with Crippen molar-refractivity contribution >= 4 is 33.4 Å². The number of nitrogens with zero attached hydrogens (tertiary/aromatic N) is 1. The van der Waals surface area contributed by atoms with Crippen LogP contribution in [-0.2, 0) is 20.6 Å². The Morgan fingerprint density at radius 1 is 0.917 bits per heavy atom. The van der Waals surface area contributed by atoms with Gasteiger partial charge in [-0.25, -0.2) is 8.42 Å². The highest BCUT2D eigenvalue weighted by Crippen LogP contribution is 2.32. The number of hydrogen-bond acceptors (Lipinski definition) is 6. The Hall–Kier alpha value is -3.17. The number of amides is 1. The Balaban J connectivity index is 1.77. The van der Waals surface area contributed by atoms with E-state index in [9.17, 15) is 13.2 Å². The summed E-state index contributed by atoms with van der Waals surface area (Å²) in [5.41, 5.74) is 3.44. The van der Waals surface area contributed by atoms with Crippen LogP contribution in [0.25, 0.3) is 0 Å². The van der Waals surface area contributed by atoms with Crippen molar-refractivity contribution in [3.05, 3.63) is 83.4 Å². The summed E-state index contributed by atoms with van der Waals surface area (Å²) in [4.78, 5) is 12.9. The lowest BCUT2D eigenvalue weighted by molar-refractivity contribution is -0.119. The van der Waals surface area contributed by atoms with Crippen LogP contribution >= 0.6 is 11.8 Å². The number of rotatable bonds is 12. The Morgan fingerprint density at radius 2 is 1.58 bits per heavy atom. The van der Waals surface area contributed by atoms with Crippen LogP contribution in [0.15, 0.2) is 71.6 Å². The van der Waals surface area contributed by atoms with Crippen molar-refractivity contribution in [2.24, 2.45) is 0 Å². The molecule has 3 aromatic carbocycles. The fourth-order valence-corrected chi connectivity index (χ4v) is 5.97. The molecule has 36 heavy (non-hydrogen) atoms. The van der Waals surface area contributed by atoms with Crippen molar-refractivity contribution < 1.29 is 22.7 Å². The Labute approximate surface area is 217 Å². The Kier molecular flexibility index (Phi) is 9.66. The second kappa shape index (κ2) is 12.7. The molecule has 0 bridgehead atoms. The first-order chi connectivity index (χ1) is 17.2.